The molecule has 0 atom stereocenters. The molecule has 3 aromatic rings. The van der Waals surface area contributed by atoms with Gasteiger partial charge in [-0.25, -0.2) is 4.39 Å². The summed E-state index contributed by atoms with van der Waals surface area (Å²) in [7, 11) is 0. The van der Waals surface area contributed by atoms with Gasteiger partial charge in [-0.05, 0) is 31.0 Å². The lowest BCUT2D eigenvalue weighted by Gasteiger charge is -2.27. The second kappa shape index (κ2) is 6.78. The number of carbonyl (C=O) groups is 1. The van der Waals surface area contributed by atoms with Crippen LogP contribution in [0.3, 0.4) is 0 Å². The van der Waals surface area contributed by atoms with Crippen molar-refractivity contribution in [2.75, 3.05) is 0 Å². The maximum absolute atomic E-state index is 14.3. The van der Waals surface area contributed by atoms with E-state index in [1.54, 1.807) is 36.4 Å². The zero-order valence-corrected chi connectivity index (χ0v) is 14.1. The van der Waals surface area contributed by atoms with E-state index in [2.05, 4.69) is 5.16 Å². The normalized spacial score (nSPS) is 15.9. The average molecular weight is 355 g/mol. The summed E-state index contributed by atoms with van der Waals surface area (Å²) in [5, 5.41) is 3.90. The van der Waals surface area contributed by atoms with Gasteiger partial charge < -0.3 is 13.7 Å². The highest BCUT2D eigenvalue weighted by Crippen LogP contribution is 2.43. The highest BCUT2D eigenvalue weighted by molar-refractivity contribution is 5.83. The van der Waals surface area contributed by atoms with E-state index >= 15 is 0 Å². The van der Waals surface area contributed by atoms with Crippen molar-refractivity contribution < 1.29 is 22.9 Å². The lowest BCUT2D eigenvalue weighted by molar-refractivity contribution is -0.152. The Labute approximate surface area is 149 Å². The number of aromatic nitrogens is 1. The van der Waals surface area contributed by atoms with Gasteiger partial charge in [0.25, 0.3) is 0 Å². The van der Waals surface area contributed by atoms with Crippen molar-refractivity contribution in [3.8, 4) is 11.5 Å². The second-order valence-corrected chi connectivity index (χ2v) is 6.50. The van der Waals surface area contributed by atoms with Crippen LogP contribution in [-0.2, 0) is 21.6 Å². The van der Waals surface area contributed by atoms with Crippen LogP contribution in [0.5, 0.6) is 0 Å². The van der Waals surface area contributed by atoms with Crippen LogP contribution in [0.15, 0.2) is 57.7 Å². The summed E-state index contributed by atoms with van der Waals surface area (Å²) in [5.41, 5.74) is -0.0239. The van der Waals surface area contributed by atoms with Crippen molar-refractivity contribution in [3.63, 3.8) is 0 Å². The first-order chi connectivity index (χ1) is 12.7. The summed E-state index contributed by atoms with van der Waals surface area (Å²) in [5.74, 6) is 0.231. The van der Waals surface area contributed by atoms with E-state index in [4.69, 9.17) is 13.7 Å². The Bertz CT molecular complexity index is 894. The van der Waals surface area contributed by atoms with Crippen molar-refractivity contribution >= 4 is 5.97 Å². The smallest absolute Gasteiger partial charge is 0.317 e. The standard InChI is InChI=1S/C20H18FNO4/c21-16-7-2-1-6-15(16)20(9-3-4-10-20)19(23)25-13-14-12-18(26-22-14)17-8-5-11-24-17/h1-2,5-8,11-12H,3-4,9-10,13H2. The number of hydrogen-bond acceptors (Lipinski definition) is 5. The topological polar surface area (TPSA) is 65.5 Å². The number of rotatable bonds is 5. The summed E-state index contributed by atoms with van der Waals surface area (Å²) >= 11 is 0. The van der Waals surface area contributed by atoms with E-state index in [0.29, 0.717) is 35.6 Å². The van der Waals surface area contributed by atoms with Crippen LogP contribution < -0.4 is 0 Å². The van der Waals surface area contributed by atoms with Crippen molar-refractivity contribution in [3.05, 3.63) is 65.8 Å². The van der Waals surface area contributed by atoms with E-state index in [-0.39, 0.29) is 12.4 Å². The van der Waals surface area contributed by atoms with Gasteiger partial charge >= 0.3 is 5.97 Å². The van der Waals surface area contributed by atoms with Gasteiger partial charge in [0.05, 0.1) is 11.7 Å². The number of benzene rings is 1. The average Bonchev–Trinajstić information content (AvgIpc) is 3.41. The summed E-state index contributed by atoms with van der Waals surface area (Å²) in [6.07, 6.45) is 4.45. The largest absolute Gasteiger partial charge is 0.461 e. The van der Waals surface area contributed by atoms with Gasteiger partial charge in [0.15, 0.2) is 5.76 Å². The van der Waals surface area contributed by atoms with E-state index in [1.165, 1.54) is 12.3 Å². The molecule has 1 fully saturated rings. The Hall–Kier alpha value is -2.89. The molecule has 6 heteroatoms. The summed E-state index contributed by atoms with van der Waals surface area (Å²) < 4.78 is 30.3. The fraction of sp³-hybridized carbons (Fsp3) is 0.300. The molecule has 1 aromatic carbocycles. The molecule has 134 valence electrons. The molecular formula is C20H18FNO4. The SMILES string of the molecule is O=C(OCc1cc(-c2ccco2)on1)C1(c2ccccc2F)CCCC1. The molecule has 0 unspecified atom stereocenters. The van der Waals surface area contributed by atoms with E-state index in [0.717, 1.165) is 12.8 Å². The molecular weight excluding hydrogens is 337 g/mol. The van der Waals surface area contributed by atoms with Gasteiger partial charge in [-0.2, -0.15) is 0 Å². The quantitative estimate of drug-likeness (QED) is 0.624. The van der Waals surface area contributed by atoms with E-state index in [1.807, 2.05) is 0 Å². The third-order valence-corrected chi connectivity index (χ3v) is 4.91. The van der Waals surface area contributed by atoms with Crippen molar-refractivity contribution in [1.29, 1.82) is 0 Å². The molecule has 0 N–H and O–H groups in total. The molecule has 1 saturated carbocycles. The Balaban J connectivity index is 1.51. The number of halogens is 1. The molecule has 4 rings (SSSR count). The molecule has 0 saturated heterocycles. The first kappa shape index (κ1) is 16.6. The van der Waals surface area contributed by atoms with Crippen LogP contribution in [0.25, 0.3) is 11.5 Å². The van der Waals surface area contributed by atoms with Crippen LogP contribution >= 0.6 is 0 Å². The van der Waals surface area contributed by atoms with Crippen LogP contribution in [0.1, 0.15) is 36.9 Å². The number of esters is 1. The van der Waals surface area contributed by atoms with E-state index in [9.17, 15) is 9.18 Å². The molecule has 5 nitrogen and oxygen atoms in total. The molecule has 26 heavy (non-hydrogen) atoms. The predicted molar refractivity (Wildman–Crippen MR) is 90.5 cm³/mol. The van der Waals surface area contributed by atoms with Crippen molar-refractivity contribution in [1.82, 2.24) is 5.16 Å². The van der Waals surface area contributed by atoms with Gasteiger partial charge in [0, 0.05) is 11.6 Å². The monoisotopic (exact) mass is 355 g/mol. The van der Waals surface area contributed by atoms with Gasteiger partial charge in [-0.15, -0.1) is 0 Å². The first-order valence-electron chi connectivity index (χ1n) is 8.61. The molecule has 0 aliphatic heterocycles. The maximum atomic E-state index is 14.3. The fourth-order valence-electron chi connectivity index (χ4n) is 3.60. The molecule has 0 radical (unpaired) electrons. The molecule has 2 heterocycles. The van der Waals surface area contributed by atoms with Crippen LogP contribution in [0.4, 0.5) is 4.39 Å². The number of furan rings is 1. The second-order valence-electron chi connectivity index (χ2n) is 6.50. The molecule has 0 bridgehead atoms. The first-order valence-corrected chi connectivity index (χ1v) is 8.61. The highest BCUT2D eigenvalue weighted by Gasteiger charge is 2.45. The minimum atomic E-state index is -0.918. The summed E-state index contributed by atoms with van der Waals surface area (Å²) in [4.78, 5) is 12.9. The Morgan fingerprint density at radius 3 is 2.69 bits per heavy atom. The maximum Gasteiger partial charge on any atom is 0.317 e. The van der Waals surface area contributed by atoms with Gasteiger partial charge in [-0.3, -0.25) is 4.79 Å². The van der Waals surface area contributed by atoms with Gasteiger partial charge in [0.1, 0.15) is 18.1 Å². The lowest BCUT2D eigenvalue weighted by atomic mass is 9.78. The van der Waals surface area contributed by atoms with Crippen LogP contribution in [0.2, 0.25) is 0 Å². The van der Waals surface area contributed by atoms with Crippen molar-refractivity contribution in [2.45, 2.75) is 37.7 Å². The Morgan fingerprint density at radius 1 is 1.15 bits per heavy atom. The predicted octanol–water partition coefficient (Wildman–Crippen LogP) is 4.63. The molecule has 1 aliphatic rings. The number of hydrogen-bond donors (Lipinski definition) is 0. The van der Waals surface area contributed by atoms with E-state index < -0.39 is 11.4 Å². The fourth-order valence-corrected chi connectivity index (χ4v) is 3.60. The zero-order chi connectivity index (χ0) is 18.0. The Morgan fingerprint density at radius 2 is 1.96 bits per heavy atom. The zero-order valence-electron chi connectivity index (χ0n) is 14.1. The molecule has 1 aliphatic carbocycles. The number of carbonyl (C=O) groups excluding carboxylic acids is 1. The van der Waals surface area contributed by atoms with Gasteiger partial charge in [-0.1, -0.05) is 36.2 Å². The third kappa shape index (κ3) is 2.92. The summed E-state index contributed by atoms with van der Waals surface area (Å²) in [6, 6.07) is 11.6. The molecule has 0 amide bonds. The lowest BCUT2D eigenvalue weighted by Crippen LogP contribution is -2.35. The molecule has 0 spiro atoms. The third-order valence-electron chi connectivity index (χ3n) is 4.91. The van der Waals surface area contributed by atoms with Crippen LogP contribution in [0, 0.1) is 5.82 Å². The number of nitrogens with zero attached hydrogens (tertiary/aromatic N) is 1. The van der Waals surface area contributed by atoms with Crippen LogP contribution in [-0.4, -0.2) is 11.1 Å². The van der Waals surface area contributed by atoms with Gasteiger partial charge in [0.2, 0.25) is 5.76 Å². The van der Waals surface area contributed by atoms with Crippen molar-refractivity contribution in [2.24, 2.45) is 0 Å². The minimum Gasteiger partial charge on any atom is -0.461 e. The molecule has 2 aromatic heterocycles. The summed E-state index contributed by atoms with van der Waals surface area (Å²) in [6.45, 7) is -0.0285. The minimum absolute atomic E-state index is 0.0285. The Kier molecular flexibility index (Phi) is 4.32. The number of ether oxygens (including phenoxy) is 1. The highest BCUT2D eigenvalue weighted by atomic mass is 19.1.